The summed E-state index contributed by atoms with van der Waals surface area (Å²) in [5.74, 6) is 1.68. The molecule has 0 saturated carbocycles. The molecule has 0 radical (unpaired) electrons. The molecule has 3 aliphatic carbocycles. The SMILES string of the molecule is C=C/C=C(\CCCI)C1=CCC2C3=C(CCCC3)C(C)(C)[C@@H]2C1. The van der Waals surface area contributed by atoms with E-state index in [1.165, 1.54) is 55.8 Å². The summed E-state index contributed by atoms with van der Waals surface area (Å²) in [7, 11) is 0. The Morgan fingerprint density at radius 3 is 2.87 bits per heavy atom. The van der Waals surface area contributed by atoms with Gasteiger partial charge in [-0.3, -0.25) is 0 Å². The fraction of sp³-hybridized carbons (Fsp3) is 0.636. The Kier molecular flexibility index (Phi) is 5.55. The summed E-state index contributed by atoms with van der Waals surface area (Å²) >= 11 is 2.49. The monoisotopic (exact) mass is 422 g/mol. The molecule has 126 valence electrons. The third kappa shape index (κ3) is 3.27. The third-order valence-corrected chi connectivity index (χ3v) is 7.28. The van der Waals surface area contributed by atoms with Crippen molar-refractivity contribution in [2.24, 2.45) is 17.3 Å². The van der Waals surface area contributed by atoms with E-state index in [-0.39, 0.29) is 0 Å². The topological polar surface area (TPSA) is 0 Å². The maximum Gasteiger partial charge on any atom is -0.000156 e. The summed E-state index contributed by atoms with van der Waals surface area (Å²) in [5, 5.41) is 0. The van der Waals surface area contributed by atoms with Crippen molar-refractivity contribution in [3.63, 3.8) is 0 Å². The minimum atomic E-state index is 0.419. The molecule has 0 spiro atoms. The van der Waals surface area contributed by atoms with Crippen molar-refractivity contribution in [1.82, 2.24) is 0 Å². The average molecular weight is 422 g/mol. The van der Waals surface area contributed by atoms with E-state index in [9.17, 15) is 0 Å². The summed E-state index contributed by atoms with van der Waals surface area (Å²) in [6, 6.07) is 0. The van der Waals surface area contributed by atoms with Crippen LogP contribution in [-0.2, 0) is 0 Å². The normalized spacial score (nSPS) is 29.9. The predicted molar refractivity (Wildman–Crippen MR) is 110 cm³/mol. The highest BCUT2D eigenvalue weighted by atomic mass is 127. The minimum Gasteiger partial charge on any atom is -0.0991 e. The highest BCUT2D eigenvalue weighted by Crippen LogP contribution is 2.59. The highest BCUT2D eigenvalue weighted by Gasteiger charge is 2.48. The van der Waals surface area contributed by atoms with Crippen LogP contribution in [0, 0.1) is 17.3 Å². The van der Waals surface area contributed by atoms with Gasteiger partial charge >= 0.3 is 0 Å². The van der Waals surface area contributed by atoms with E-state index in [1.54, 1.807) is 11.1 Å². The smallest absolute Gasteiger partial charge is 0.000156 e. The number of hydrogen-bond acceptors (Lipinski definition) is 0. The van der Waals surface area contributed by atoms with Crippen LogP contribution in [0.1, 0.15) is 65.2 Å². The lowest BCUT2D eigenvalue weighted by molar-refractivity contribution is 0.220. The van der Waals surface area contributed by atoms with Crippen LogP contribution in [0.4, 0.5) is 0 Å². The van der Waals surface area contributed by atoms with E-state index in [1.807, 2.05) is 17.2 Å². The van der Waals surface area contributed by atoms with Crippen molar-refractivity contribution in [3.05, 3.63) is 47.1 Å². The second kappa shape index (κ2) is 7.29. The summed E-state index contributed by atoms with van der Waals surface area (Å²) in [5.41, 5.74) is 7.31. The molecule has 0 nitrogen and oxygen atoms in total. The second-order valence-electron chi connectivity index (χ2n) is 8.03. The lowest BCUT2D eigenvalue weighted by Gasteiger charge is -2.37. The van der Waals surface area contributed by atoms with Gasteiger partial charge in [0.25, 0.3) is 0 Å². The summed E-state index contributed by atoms with van der Waals surface area (Å²) in [4.78, 5) is 0. The van der Waals surface area contributed by atoms with Crippen LogP contribution in [0.2, 0.25) is 0 Å². The molecule has 0 saturated heterocycles. The van der Waals surface area contributed by atoms with Gasteiger partial charge in [-0.25, -0.2) is 0 Å². The number of allylic oxidation sites excluding steroid dienone is 7. The molecule has 0 heterocycles. The maximum atomic E-state index is 3.94. The fourth-order valence-electron chi connectivity index (χ4n) is 5.35. The molecule has 1 heteroatoms. The molecule has 3 aliphatic rings. The molecule has 2 atom stereocenters. The van der Waals surface area contributed by atoms with E-state index >= 15 is 0 Å². The average Bonchev–Trinajstić information content (AvgIpc) is 2.80. The first kappa shape index (κ1) is 17.5. The zero-order valence-electron chi connectivity index (χ0n) is 14.8. The standard InChI is InChI=1S/C22H31I/c1-4-8-16(9-7-14-23)17-12-13-19-18-10-5-6-11-20(18)22(2,3)21(19)15-17/h4,8,12,19,21H,1,5-7,9-11,13-15H2,2-3H3/b16-8+/t19?,21-/m1/s1. The van der Waals surface area contributed by atoms with Gasteiger partial charge in [0.1, 0.15) is 0 Å². The number of hydrogen-bond donors (Lipinski definition) is 0. The van der Waals surface area contributed by atoms with Crippen LogP contribution in [0.15, 0.2) is 47.1 Å². The molecular formula is C22H31I. The molecule has 0 aromatic carbocycles. The van der Waals surface area contributed by atoms with Gasteiger partial charge < -0.3 is 0 Å². The summed E-state index contributed by atoms with van der Waals surface area (Å²) in [6.45, 7) is 9.01. The second-order valence-corrected chi connectivity index (χ2v) is 9.11. The van der Waals surface area contributed by atoms with E-state index in [2.05, 4.69) is 55.2 Å². The first-order valence-corrected chi connectivity index (χ1v) is 10.9. The quantitative estimate of drug-likeness (QED) is 0.191. The van der Waals surface area contributed by atoms with Crippen molar-refractivity contribution < 1.29 is 0 Å². The Morgan fingerprint density at radius 2 is 2.13 bits per heavy atom. The first-order chi connectivity index (χ1) is 11.1. The van der Waals surface area contributed by atoms with Crippen LogP contribution in [0.5, 0.6) is 0 Å². The van der Waals surface area contributed by atoms with E-state index in [0.717, 1.165) is 11.8 Å². The number of alkyl halides is 1. The molecule has 23 heavy (non-hydrogen) atoms. The predicted octanol–water partition coefficient (Wildman–Crippen LogP) is 7.18. The molecule has 1 unspecified atom stereocenters. The van der Waals surface area contributed by atoms with Gasteiger partial charge in [0.15, 0.2) is 0 Å². The summed E-state index contributed by atoms with van der Waals surface area (Å²) < 4.78 is 1.24. The Balaban J connectivity index is 1.84. The molecule has 0 aromatic heterocycles. The molecule has 0 aromatic rings. The van der Waals surface area contributed by atoms with Crippen molar-refractivity contribution in [2.45, 2.75) is 65.2 Å². The molecule has 0 aliphatic heterocycles. The zero-order chi connectivity index (χ0) is 16.4. The Labute approximate surface area is 156 Å². The van der Waals surface area contributed by atoms with E-state index in [0.29, 0.717) is 5.41 Å². The third-order valence-electron chi connectivity index (χ3n) is 6.52. The van der Waals surface area contributed by atoms with Crippen molar-refractivity contribution >= 4 is 22.6 Å². The van der Waals surface area contributed by atoms with Crippen LogP contribution in [0.25, 0.3) is 0 Å². The van der Waals surface area contributed by atoms with Crippen LogP contribution < -0.4 is 0 Å². The van der Waals surface area contributed by atoms with Crippen molar-refractivity contribution in [1.29, 1.82) is 0 Å². The maximum absolute atomic E-state index is 3.94. The number of rotatable bonds is 5. The van der Waals surface area contributed by atoms with Gasteiger partial charge in [-0.2, -0.15) is 0 Å². The molecule has 0 fully saturated rings. The minimum absolute atomic E-state index is 0.419. The number of halogens is 1. The van der Waals surface area contributed by atoms with Crippen LogP contribution in [-0.4, -0.2) is 4.43 Å². The van der Waals surface area contributed by atoms with E-state index in [4.69, 9.17) is 0 Å². The van der Waals surface area contributed by atoms with Gasteiger partial charge in [-0.1, -0.05) is 72.4 Å². The molecule has 0 N–H and O–H groups in total. The lowest BCUT2D eigenvalue weighted by atomic mass is 9.67. The Bertz CT molecular complexity index is 559. The Morgan fingerprint density at radius 1 is 1.35 bits per heavy atom. The molecule has 0 amide bonds. The molecule has 3 rings (SSSR count). The van der Waals surface area contributed by atoms with Crippen LogP contribution in [0.3, 0.4) is 0 Å². The summed E-state index contributed by atoms with van der Waals surface area (Å²) in [6.07, 6.45) is 17.5. The van der Waals surface area contributed by atoms with Crippen molar-refractivity contribution in [2.75, 3.05) is 4.43 Å². The van der Waals surface area contributed by atoms with Crippen molar-refractivity contribution in [3.8, 4) is 0 Å². The molecule has 0 bridgehead atoms. The zero-order valence-corrected chi connectivity index (χ0v) is 17.0. The van der Waals surface area contributed by atoms with Gasteiger partial charge in [0.2, 0.25) is 0 Å². The van der Waals surface area contributed by atoms with Gasteiger partial charge in [-0.05, 0) is 84.2 Å². The lowest BCUT2D eigenvalue weighted by Crippen LogP contribution is -2.28. The molecular weight excluding hydrogens is 391 g/mol. The highest BCUT2D eigenvalue weighted by molar-refractivity contribution is 14.1. The first-order valence-electron chi connectivity index (χ1n) is 9.39. The number of fused-ring (bicyclic) bond motifs is 2. The largest absolute Gasteiger partial charge is 0.0991 e. The van der Waals surface area contributed by atoms with Gasteiger partial charge in [0.05, 0.1) is 0 Å². The van der Waals surface area contributed by atoms with Gasteiger partial charge in [0, 0.05) is 0 Å². The van der Waals surface area contributed by atoms with E-state index < -0.39 is 0 Å². The van der Waals surface area contributed by atoms with Gasteiger partial charge in [-0.15, -0.1) is 0 Å². The fourth-order valence-corrected chi connectivity index (χ4v) is 5.73. The van der Waals surface area contributed by atoms with Crippen LogP contribution >= 0.6 is 22.6 Å². The Hall–Kier alpha value is -0.310.